The molecule has 146 valence electrons. The van der Waals surface area contributed by atoms with Gasteiger partial charge in [-0.1, -0.05) is 23.5 Å². The van der Waals surface area contributed by atoms with Crippen LogP contribution in [0.3, 0.4) is 0 Å². The van der Waals surface area contributed by atoms with Crippen LogP contribution in [0.5, 0.6) is 0 Å². The quantitative estimate of drug-likeness (QED) is 0.687. The average Bonchev–Trinajstić information content (AvgIpc) is 3.38. The predicted octanol–water partition coefficient (Wildman–Crippen LogP) is 3.11. The predicted molar refractivity (Wildman–Crippen MR) is 108 cm³/mol. The second-order valence-corrected chi connectivity index (χ2v) is 7.71. The zero-order valence-electron chi connectivity index (χ0n) is 15.7. The van der Waals surface area contributed by atoms with E-state index in [1.807, 2.05) is 24.3 Å². The highest BCUT2D eigenvalue weighted by molar-refractivity contribution is 7.17. The number of amides is 2. The van der Waals surface area contributed by atoms with E-state index in [1.54, 1.807) is 11.8 Å². The summed E-state index contributed by atoms with van der Waals surface area (Å²) in [7, 11) is 0. The van der Waals surface area contributed by atoms with Gasteiger partial charge in [-0.15, -0.1) is 0 Å². The molecule has 2 N–H and O–H groups in total. The molecule has 1 atom stereocenters. The van der Waals surface area contributed by atoms with Crippen molar-refractivity contribution < 1.29 is 14.3 Å². The number of fused-ring (bicyclic) bond motifs is 1. The molecule has 0 saturated carbocycles. The SMILES string of the molecule is CC(=O)N(CC1CCCO1)c1nc(C)c(C(=O)Nc2nc3ccccc3[nH]2)s1. The van der Waals surface area contributed by atoms with E-state index in [9.17, 15) is 9.59 Å². The van der Waals surface area contributed by atoms with Gasteiger partial charge in [0, 0.05) is 13.5 Å². The molecule has 28 heavy (non-hydrogen) atoms. The number of H-pyrrole nitrogens is 1. The molecule has 1 unspecified atom stereocenters. The number of anilines is 2. The normalized spacial score (nSPS) is 16.4. The van der Waals surface area contributed by atoms with Crippen molar-refractivity contribution in [2.75, 3.05) is 23.4 Å². The minimum Gasteiger partial charge on any atom is -0.376 e. The number of carbonyl (C=O) groups is 2. The van der Waals surface area contributed by atoms with Gasteiger partial charge in [0.15, 0.2) is 5.13 Å². The number of ether oxygens (including phenoxy) is 1. The van der Waals surface area contributed by atoms with Crippen molar-refractivity contribution in [3.63, 3.8) is 0 Å². The summed E-state index contributed by atoms with van der Waals surface area (Å²) in [6.45, 7) is 4.43. The van der Waals surface area contributed by atoms with Crippen molar-refractivity contribution in [2.45, 2.75) is 32.8 Å². The van der Waals surface area contributed by atoms with Crippen LogP contribution in [0.4, 0.5) is 11.1 Å². The van der Waals surface area contributed by atoms with Gasteiger partial charge >= 0.3 is 0 Å². The van der Waals surface area contributed by atoms with E-state index in [-0.39, 0.29) is 17.9 Å². The van der Waals surface area contributed by atoms with Crippen LogP contribution in [-0.2, 0) is 9.53 Å². The molecule has 1 aromatic carbocycles. The standard InChI is InChI=1S/C19H21N5O3S/c1-11-16(17(26)23-18-21-14-7-3-4-8-15(14)22-18)28-19(20-11)24(12(2)25)10-13-6-5-9-27-13/h3-4,7-8,13H,5-6,9-10H2,1-2H3,(H2,21,22,23,26). The number of aromatic nitrogens is 3. The van der Waals surface area contributed by atoms with Gasteiger partial charge < -0.3 is 9.72 Å². The lowest BCUT2D eigenvalue weighted by Gasteiger charge is -2.21. The van der Waals surface area contributed by atoms with E-state index in [0.717, 1.165) is 30.5 Å². The first kappa shape index (κ1) is 18.6. The largest absolute Gasteiger partial charge is 0.376 e. The second-order valence-electron chi connectivity index (χ2n) is 6.73. The lowest BCUT2D eigenvalue weighted by atomic mass is 10.2. The number of nitrogens with one attached hydrogen (secondary N) is 2. The smallest absolute Gasteiger partial charge is 0.270 e. The minimum atomic E-state index is -0.305. The number of thiazole rings is 1. The number of aromatic amines is 1. The third-order valence-electron chi connectivity index (χ3n) is 4.63. The van der Waals surface area contributed by atoms with Crippen molar-refractivity contribution in [1.29, 1.82) is 0 Å². The van der Waals surface area contributed by atoms with E-state index in [0.29, 0.717) is 28.2 Å². The summed E-state index contributed by atoms with van der Waals surface area (Å²) in [5, 5.41) is 3.29. The first-order chi connectivity index (χ1) is 13.5. The van der Waals surface area contributed by atoms with Gasteiger partial charge in [-0.2, -0.15) is 0 Å². The Balaban J connectivity index is 1.53. The van der Waals surface area contributed by atoms with Crippen LogP contribution in [0.1, 0.15) is 35.1 Å². The van der Waals surface area contributed by atoms with E-state index < -0.39 is 0 Å². The number of benzene rings is 1. The lowest BCUT2D eigenvalue weighted by molar-refractivity contribution is -0.116. The van der Waals surface area contributed by atoms with Crippen LogP contribution in [-0.4, -0.2) is 46.0 Å². The molecule has 1 fully saturated rings. The molecule has 0 radical (unpaired) electrons. The summed E-state index contributed by atoms with van der Waals surface area (Å²) >= 11 is 1.20. The number of nitrogens with zero attached hydrogens (tertiary/aromatic N) is 3. The summed E-state index contributed by atoms with van der Waals surface area (Å²) in [5.41, 5.74) is 2.20. The van der Waals surface area contributed by atoms with Gasteiger partial charge in [0.1, 0.15) is 4.88 Å². The molecule has 8 nitrogen and oxygen atoms in total. The Morgan fingerprint density at radius 1 is 1.36 bits per heavy atom. The maximum atomic E-state index is 12.7. The van der Waals surface area contributed by atoms with Crippen LogP contribution in [0.15, 0.2) is 24.3 Å². The molecule has 1 aliphatic rings. The molecule has 2 aromatic heterocycles. The highest BCUT2D eigenvalue weighted by Gasteiger charge is 2.26. The third-order valence-corrected chi connectivity index (χ3v) is 5.81. The van der Waals surface area contributed by atoms with Crippen molar-refractivity contribution in [2.24, 2.45) is 0 Å². The first-order valence-corrected chi connectivity index (χ1v) is 9.96. The van der Waals surface area contributed by atoms with Gasteiger partial charge in [-0.25, -0.2) is 9.97 Å². The highest BCUT2D eigenvalue weighted by Crippen LogP contribution is 2.28. The molecular weight excluding hydrogens is 378 g/mol. The summed E-state index contributed by atoms with van der Waals surface area (Å²) in [6.07, 6.45) is 1.94. The Hall–Kier alpha value is -2.78. The van der Waals surface area contributed by atoms with Crippen LogP contribution in [0, 0.1) is 6.92 Å². The Labute approximate surface area is 165 Å². The molecule has 0 spiro atoms. The number of rotatable bonds is 5. The maximum absolute atomic E-state index is 12.7. The fourth-order valence-corrected chi connectivity index (χ4v) is 4.23. The van der Waals surface area contributed by atoms with Gasteiger partial charge in [0.05, 0.1) is 29.4 Å². The van der Waals surface area contributed by atoms with Crippen LogP contribution in [0.2, 0.25) is 0 Å². The molecule has 1 aliphatic heterocycles. The second kappa shape index (κ2) is 7.69. The molecule has 1 saturated heterocycles. The molecule has 3 aromatic rings. The number of aryl methyl sites for hydroxylation is 1. The van der Waals surface area contributed by atoms with Gasteiger partial charge in [0.25, 0.3) is 5.91 Å². The van der Waals surface area contributed by atoms with E-state index in [4.69, 9.17) is 4.74 Å². The summed E-state index contributed by atoms with van der Waals surface area (Å²) < 4.78 is 5.64. The highest BCUT2D eigenvalue weighted by atomic mass is 32.1. The summed E-state index contributed by atoms with van der Waals surface area (Å²) in [6, 6.07) is 7.55. The maximum Gasteiger partial charge on any atom is 0.270 e. The monoisotopic (exact) mass is 399 g/mol. The Morgan fingerprint density at radius 2 is 2.18 bits per heavy atom. The molecule has 3 heterocycles. The molecule has 0 bridgehead atoms. The van der Waals surface area contributed by atoms with Crippen LogP contribution >= 0.6 is 11.3 Å². The number of hydrogen-bond acceptors (Lipinski definition) is 6. The average molecular weight is 399 g/mol. The van der Waals surface area contributed by atoms with Crippen LogP contribution in [0.25, 0.3) is 11.0 Å². The van der Waals surface area contributed by atoms with Crippen LogP contribution < -0.4 is 10.2 Å². The third kappa shape index (κ3) is 3.76. The number of para-hydroxylation sites is 2. The fourth-order valence-electron chi connectivity index (χ4n) is 3.22. The van der Waals surface area contributed by atoms with Gasteiger partial charge in [-0.3, -0.25) is 19.8 Å². The number of imidazole rings is 1. The van der Waals surface area contributed by atoms with E-state index in [2.05, 4.69) is 20.3 Å². The lowest BCUT2D eigenvalue weighted by Crippen LogP contribution is -2.35. The van der Waals surface area contributed by atoms with Gasteiger partial charge in [-0.05, 0) is 31.9 Å². The molecule has 2 amide bonds. The number of hydrogen-bond donors (Lipinski definition) is 2. The zero-order valence-corrected chi connectivity index (χ0v) is 16.5. The van der Waals surface area contributed by atoms with E-state index >= 15 is 0 Å². The minimum absolute atomic E-state index is 0.0148. The summed E-state index contributed by atoms with van der Waals surface area (Å²) in [4.78, 5) is 38.8. The Kier molecular flexibility index (Phi) is 5.10. The molecular formula is C19H21N5O3S. The molecule has 4 rings (SSSR count). The van der Waals surface area contributed by atoms with Crippen molar-refractivity contribution >= 4 is 45.3 Å². The first-order valence-electron chi connectivity index (χ1n) is 9.14. The zero-order chi connectivity index (χ0) is 19.7. The van der Waals surface area contributed by atoms with Crippen molar-refractivity contribution in [3.05, 3.63) is 34.8 Å². The summed E-state index contributed by atoms with van der Waals surface area (Å²) in [5.74, 6) is -0.0438. The van der Waals surface area contributed by atoms with E-state index in [1.165, 1.54) is 18.3 Å². The Bertz CT molecular complexity index is 989. The molecule has 0 aliphatic carbocycles. The molecule has 9 heteroatoms. The fraction of sp³-hybridized carbons (Fsp3) is 0.368. The van der Waals surface area contributed by atoms with Gasteiger partial charge in [0.2, 0.25) is 11.9 Å². The number of carbonyl (C=O) groups excluding carboxylic acids is 2. The Morgan fingerprint density at radius 3 is 2.89 bits per heavy atom. The van der Waals surface area contributed by atoms with Crippen molar-refractivity contribution in [3.8, 4) is 0 Å². The van der Waals surface area contributed by atoms with Crippen molar-refractivity contribution in [1.82, 2.24) is 15.0 Å². The topological polar surface area (TPSA) is 100 Å².